The first-order valence-electron chi connectivity index (χ1n) is 8.92. The van der Waals surface area contributed by atoms with Gasteiger partial charge in [0.25, 0.3) is 21.7 Å². The first kappa shape index (κ1) is 19.5. The number of carbonyl (C=O) groups is 1. The fraction of sp³-hybridized carbons (Fsp3) is 0.471. The van der Waals surface area contributed by atoms with Gasteiger partial charge in [-0.1, -0.05) is 32.0 Å². The van der Waals surface area contributed by atoms with Gasteiger partial charge in [0.2, 0.25) is 0 Å². The van der Waals surface area contributed by atoms with Gasteiger partial charge in [-0.15, -0.1) is 0 Å². The predicted octanol–water partition coefficient (Wildman–Crippen LogP) is 0.268. The van der Waals surface area contributed by atoms with Crippen LogP contribution < -0.4 is 5.56 Å². The molecule has 0 bridgehead atoms. The van der Waals surface area contributed by atoms with E-state index in [2.05, 4.69) is 10.2 Å². The van der Waals surface area contributed by atoms with Gasteiger partial charge >= 0.3 is 0 Å². The summed E-state index contributed by atoms with van der Waals surface area (Å²) in [5.74, 6) is -0.317. The average molecular weight is 393 g/mol. The smallest absolute Gasteiger partial charge is 0.282 e. The molecule has 1 aliphatic rings. The standard InChI is InChI=1S/C17H23N5O4S/c1-3-21(4-2)27(25,26)22-11-9-20(10-12-22)17(24)15-13-7-5-6-8-14(13)16(23)19-18-15/h5-8H,3-4,9-12H2,1-2H3,(H,19,23). The molecule has 0 atom stereocenters. The van der Waals surface area contributed by atoms with Gasteiger partial charge in [-0.2, -0.15) is 22.1 Å². The van der Waals surface area contributed by atoms with E-state index in [-0.39, 0.29) is 43.3 Å². The Balaban J connectivity index is 1.79. The minimum Gasteiger partial charge on any atom is -0.335 e. The maximum Gasteiger partial charge on any atom is 0.282 e. The van der Waals surface area contributed by atoms with Crippen LogP contribution in [0.2, 0.25) is 0 Å². The predicted molar refractivity (Wildman–Crippen MR) is 102 cm³/mol. The lowest BCUT2D eigenvalue weighted by Gasteiger charge is -2.36. The molecule has 146 valence electrons. The third-order valence-corrected chi connectivity index (χ3v) is 6.97. The lowest BCUT2D eigenvalue weighted by Crippen LogP contribution is -2.54. The molecular weight excluding hydrogens is 370 g/mol. The van der Waals surface area contributed by atoms with Crippen molar-refractivity contribution in [2.24, 2.45) is 0 Å². The van der Waals surface area contributed by atoms with Gasteiger partial charge in [0.05, 0.1) is 5.39 Å². The van der Waals surface area contributed by atoms with Crippen molar-refractivity contribution in [2.75, 3.05) is 39.3 Å². The van der Waals surface area contributed by atoms with E-state index < -0.39 is 10.2 Å². The molecule has 2 aromatic rings. The lowest BCUT2D eigenvalue weighted by atomic mass is 10.1. The highest BCUT2D eigenvalue weighted by atomic mass is 32.2. The number of nitrogens with one attached hydrogen (secondary N) is 1. The zero-order valence-electron chi connectivity index (χ0n) is 15.4. The Labute approximate surface area is 157 Å². The van der Waals surface area contributed by atoms with Crippen molar-refractivity contribution in [3.63, 3.8) is 0 Å². The first-order valence-corrected chi connectivity index (χ1v) is 10.3. The summed E-state index contributed by atoms with van der Waals surface area (Å²) < 4.78 is 28.0. The van der Waals surface area contributed by atoms with E-state index in [1.54, 1.807) is 43.0 Å². The molecule has 1 saturated heterocycles. The lowest BCUT2D eigenvalue weighted by molar-refractivity contribution is 0.0689. The number of hydrogen-bond acceptors (Lipinski definition) is 5. The molecule has 0 aliphatic carbocycles. The van der Waals surface area contributed by atoms with Gasteiger partial charge in [-0.3, -0.25) is 9.59 Å². The number of fused-ring (bicyclic) bond motifs is 1. The maximum absolute atomic E-state index is 12.9. The summed E-state index contributed by atoms with van der Waals surface area (Å²) in [5, 5.41) is 7.19. The number of rotatable bonds is 5. The van der Waals surface area contributed by atoms with Crippen molar-refractivity contribution in [3.05, 3.63) is 40.3 Å². The Hall–Kier alpha value is -2.30. The topological polar surface area (TPSA) is 107 Å². The van der Waals surface area contributed by atoms with Gasteiger partial charge in [0.1, 0.15) is 0 Å². The van der Waals surface area contributed by atoms with Crippen molar-refractivity contribution < 1.29 is 13.2 Å². The number of amides is 1. The number of H-pyrrole nitrogens is 1. The van der Waals surface area contributed by atoms with Crippen LogP contribution in [0.15, 0.2) is 29.1 Å². The molecule has 0 radical (unpaired) electrons. The summed E-state index contributed by atoms with van der Waals surface area (Å²) in [5.41, 5.74) is -0.178. The quantitative estimate of drug-likeness (QED) is 0.785. The summed E-state index contributed by atoms with van der Waals surface area (Å²) in [4.78, 5) is 26.3. The molecule has 0 spiro atoms. The Bertz CT molecular complexity index is 992. The van der Waals surface area contributed by atoms with Gasteiger partial charge in [-0.05, 0) is 6.07 Å². The molecule has 2 heterocycles. The van der Waals surface area contributed by atoms with E-state index in [1.165, 1.54) is 8.61 Å². The molecule has 1 N–H and O–H groups in total. The highest BCUT2D eigenvalue weighted by Gasteiger charge is 2.33. The van der Waals surface area contributed by atoms with Crippen molar-refractivity contribution in [3.8, 4) is 0 Å². The van der Waals surface area contributed by atoms with E-state index >= 15 is 0 Å². The highest BCUT2D eigenvalue weighted by Crippen LogP contribution is 2.17. The molecule has 1 aliphatic heterocycles. The average Bonchev–Trinajstić information content (AvgIpc) is 2.69. The summed E-state index contributed by atoms with van der Waals surface area (Å²) >= 11 is 0. The zero-order valence-corrected chi connectivity index (χ0v) is 16.2. The minimum atomic E-state index is -3.51. The second-order valence-electron chi connectivity index (χ2n) is 6.23. The monoisotopic (exact) mass is 393 g/mol. The van der Waals surface area contributed by atoms with E-state index in [0.717, 1.165) is 0 Å². The number of aromatic nitrogens is 2. The van der Waals surface area contributed by atoms with E-state index in [4.69, 9.17) is 0 Å². The number of benzene rings is 1. The molecule has 0 unspecified atom stereocenters. The summed E-state index contributed by atoms with van der Waals surface area (Å²) in [6.07, 6.45) is 0. The highest BCUT2D eigenvalue weighted by molar-refractivity contribution is 7.86. The Morgan fingerprint density at radius 3 is 2.30 bits per heavy atom. The molecule has 9 nitrogen and oxygen atoms in total. The van der Waals surface area contributed by atoms with Crippen LogP contribution >= 0.6 is 0 Å². The normalized spacial score (nSPS) is 16.2. The molecular formula is C17H23N5O4S. The van der Waals surface area contributed by atoms with Crippen LogP contribution in [0.1, 0.15) is 24.3 Å². The Kier molecular flexibility index (Phi) is 5.59. The molecule has 1 amide bonds. The third-order valence-electron chi connectivity index (χ3n) is 4.78. The first-order chi connectivity index (χ1) is 12.9. The van der Waals surface area contributed by atoms with Crippen molar-refractivity contribution in [2.45, 2.75) is 13.8 Å². The van der Waals surface area contributed by atoms with Crippen LogP contribution in [0.25, 0.3) is 10.8 Å². The Morgan fingerprint density at radius 1 is 1.11 bits per heavy atom. The fourth-order valence-electron chi connectivity index (χ4n) is 3.26. The van der Waals surface area contributed by atoms with E-state index in [9.17, 15) is 18.0 Å². The Morgan fingerprint density at radius 2 is 1.70 bits per heavy atom. The van der Waals surface area contributed by atoms with Crippen molar-refractivity contribution in [1.29, 1.82) is 0 Å². The van der Waals surface area contributed by atoms with E-state index in [0.29, 0.717) is 23.9 Å². The maximum atomic E-state index is 12.9. The molecule has 1 fully saturated rings. The van der Waals surface area contributed by atoms with E-state index in [1.807, 2.05) is 0 Å². The summed E-state index contributed by atoms with van der Waals surface area (Å²) in [7, 11) is -3.51. The molecule has 0 saturated carbocycles. The van der Waals surface area contributed by atoms with Crippen LogP contribution in [0.5, 0.6) is 0 Å². The van der Waals surface area contributed by atoms with Gasteiger partial charge in [0, 0.05) is 44.7 Å². The number of hydrogen-bond donors (Lipinski definition) is 1. The molecule has 10 heteroatoms. The summed E-state index contributed by atoms with van der Waals surface area (Å²) in [6, 6.07) is 6.80. The largest absolute Gasteiger partial charge is 0.335 e. The third kappa shape index (κ3) is 3.60. The SMILES string of the molecule is CCN(CC)S(=O)(=O)N1CCN(C(=O)c2n[nH]c(=O)c3ccccc23)CC1. The molecule has 3 rings (SSSR count). The molecule has 27 heavy (non-hydrogen) atoms. The number of aromatic amines is 1. The van der Waals surface area contributed by atoms with Crippen LogP contribution in [-0.2, 0) is 10.2 Å². The van der Waals surface area contributed by atoms with Crippen LogP contribution in [-0.4, -0.2) is 77.3 Å². The van der Waals surface area contributed by atoms with Gasteiger partial charge < -0.3 is 4.90 Å². The van der Waals surface area contributed by atoms with Crippen molar-refractivity contribution >= 4 is 26.9 Å². The van der Waals surface area contributed by atoms with Crippen molar-refractivity contribution in [1.82, 2.24) is 23.7 Å². The van der Waals surface area contributed by atoms with Crippen LogP contribution in [0.3, 0.4) is 0 Å². The van der Waals surface area contributed by atoms with Crippen LogP contribution in [0, 0.1) is 0 Å². The number of piperazine rings is 1. The van der Waals surface area contributed by atoms with Gasteiger partial charge in [0.15, 0.2) is 5.69 Å². The fourth-order valence-corrected chi connectivity index (χ4v) is 4.87. The zero-order chi connectivity index (χ0) is 19.6. The second kappa shape index (κ2) is 7.75. The minimum absolute atomic E-state index is 0.172. The number of nitrogens with zero attached hydrogens (tertiary/aromatic N) is 4. The van der Waals surface area contributed by atoms with Crippen LogP contribution in [0.4, 0.5) is 0 Å². The molecule has 1 aromatic heterocycles. The number of carbonyl (C=O) groups excluding carboxylic acids is 1. The molecule has 1 aromatic carbocycles. The summed E-state index contributed by atoms with van der Waals surface area (Å²) in [6.45, 7) is 5.42. The van der Waals surface area contributed by atoms with Gasteiger partial charge in [-0.25, -0.2) is 5.10 Å². The second-order valence-corrected chi connectivity index (χ2v) is 8.16.